The van der Waals surface area contributed by atoms with Gasteiger partial charge in [0, 0.05) is 30.5 Å². The van der Waals surface area contributed by atoms with Crippen molar-refractivity contribution in [2.75, 3.05) is 12.9 Å². The van der Waals surface area contributed by atoms with Gasteiger partial charge in [0.1, 0.15) is 11.8 Å². The second-order valence-corrected chi connectivity index (χ2v) is 8.61. The highest BCUT2D eigenvalue weighted by Crippen LogP contribution is 2.19. The summed E-state index contributed by atoms with van der Waals surface area (Å²) in [5.41, 5.74) is 1.81. The third-order valence-corrected chi connectivity index (χ3v) is 5.74. The Bertz CT molecular complexity index is 916. The summed E-state index contributed by atoms with van der Waals surface area (Å²) in [6.45, 7) is 5.77. The Kier molecular flexibility index (Phi) is 9.52. The summed E-state index contributed by atoms with van der Waals surface area (Å²) < 4.78 is 5.18. The molecule has 0 aliphatic carbocycles. The van der Waals surface area contributed by atoms with E-state index in [1.165, 1.54) is 23.9 Å². The maximum atomic E-state index is 13.0. The van der Waals surface area contributed by atoms with Crippen molar-refractivity contribution in [1.82, 2.24) is 10.2 Å². The maximum Gasteiger partial charge on any atom is 0.269 e. The van der Waals surface area contributed by atoms with E-state index in [2.05, 4.69) is 5.32 Å². The molecule has 0 spiro atoms. The molecule has 0 aliphatic heterocycles. The van der Waals surface area contributed by atoms with Crippen LogP contribution in [0.3, 0.4) is 0 Å². The zero-order valence-electron chi connectivity index (χ0n) is 18.7. The molecule has 0 radical (unpaired) electrons. The average Bonchev–Trinajstić information content (AvgIpc) is 2.77. The van der Waals surface area contributed by atoms with Gasteiger partial charge < -0.3 is 15.0 Å². The van der Waals surface area contributed by atoms with Crippen LogP contribution in [0.25, 0.3) is 0 Å². The predicted molar refractivity (Wildman–Crippen MR) is 126 cm³/mol. The van der Waals surface area contributed by atoms with Crippen molar-refractivity contribution in [3.05, 3.63) is 69.8 Å². The minimum Gasteiger partial charge on any atom is -0.497 e. The van der Waals surface area contributed by atoms with E-state index in [9.17, 15) is 19.7 Å². The lowest BCUT2D eigenvalue weighted by Gasteiger charge is -2.29. The summed E-state index contributed by atoms with van der Waals surface area (Å²) in [4.78, 5) is 37.5. The number of benzene rings is 2. The summed E-state index contributed by atoms with van der Waals surface area (Å²) in [6, 6.07) is 13.0. The second kappa shape index (κ2) is 12.1. The summed E-state index contributed by atoms with van der Waals surface area (Å²) >= 11 is 1.40. The van der Waals surface area contributed by atoms with Gasteiger partial charge in [-0.1, -0.05) is 24.3 Å². The lowest BCUT2D eigenvalue weighted by atomic mass is 10.1. The first-order valence-electron chi connectivity index (χ1n) is 10.2. The molecule has 0 aliphatic rings. The van der Waals surface area contributed by atoms with Crippen LogP contribution in [0.5, 0.6) is 5.75 Å². The Morgan fingerprint density at radius 1 is 1.06 bits per heavy atom. The number of nitro benzene ring substituents is 1. The zero-order valence-corrected chi connectivity index (χ0v) is 19.6. The standard InChI is InChI=1S/C23H29N3O5S/c1-16(2)24-23(28)17(3)25(13-18-7-11-21(31-4)12-8-18)22(27)15-32-14-19-5-9-20(10-6-19)26(29)30/h5-12,16-17H,13-15H2,1-4H3,(H,24,28)/t17-/m0/s1. The number of carbonyl (C=O) groups is 2. The van der Waals surface area contributed by atoms with Crippen LogP contribution in [0.1, 0.15) is 31.9 Å². The number of ether oxygens (including phenoxy) is 1. The molecule has 0 aromatic heterocycles. The Balaban J connectivity index is 2.05. The zero-order chi connectivity index (χ0) is 23.7. The highest BCUT2D eigenvalue weighted by molar-refractivity contribution is 7.99. The molecule has 0 heterocycles. The summed E-state index contributed by atoms with van der Waals surface area (Å²) in [6.07, 6.45) is 0. The minimum atomic E-state index is -0.632. The Morgan fingerprint density at radius 3 is 2.19 bits per heavy atom. The first kappa shape index (κ1) is 25.2. The van der Waals surface area contributed by atoms with Gasteiger partial charge in [-0.15, -0.1) is 11.8 Å². The molecule has 1 atom stereocenters. The summed E-state index contributed by atoms with van der Waals surface area (Å²) in [5, 5.41) is 13.6. The van der Waals surface area contributed by atoms with E-state index in [-0.39, 0.29) is 29.3 Å². The van der Waals surface area contributed by atoms with Crippen LogP contribution in [0, 0.1) is 10.1 Å². The number of thioether (sulfide) groups is 1. The first-order chi connectivity index (χ1) is 15.2. The van der Waals surface area contributed by atoms with Gasteiger partial charge >= 0.3 is 0 Å². The predicted octanol–water partition coefficient (Wildman–Crippen LogP) is 3.78. The highest BCUT2D eigenvalue weighted by Gasteiger charge is 2.26. The quantitative estimate of drug-likeness (QED) is 0.405. The molecule has 0 bridgehead atoms. The smallest absolute Gasteiger partial charge is 0.269 e. The van der Waals surface area contributed by atoms with Crippen molar-refractivity contribution in [1.29, 1.82) is 0 Å². The Hall–Kier alpha value is -3.07. The van der Waals surface area contributed by atoms with Crippen LogP contribution in [0.4, 0.5) is 5.69 Å². The van der Waals surface area contributed by atoms with E-state index < -0.39 is 11.0 Å². The van der Waals surface area contributed by atoms with Crippen LogP contribution in [0.2, 0.25) is 0 Å². The van der Waals surface area contributed by atoms with E-state index in [0.29, 0.717) is 12.3 Å². The van der Waals surface area contributed by atoms with Gasteiger partial charge in [0.15, 0.2) is 0 Å². The molecule has 0 unspecified atom stereocenters. The molecular weight excluding hydrogens is 430 g/mol. The molecule has 2 rings (SSSR count). The van der Waals surface area contributed by atoms with Crippen molar-refractivity contribution >= 4 is 29.3 Å². The molecule has 2 amide bonds. The molecule has 2 aromatic carbocycles. The maximum absolute atomic E-state index is 13.0. The van der Waals surface area contributed by atoms with E-state index in [4.69, 9.17) is 4.74 Å². The molecule has 172 valence electrons. The summed E-state index contributed by atoms with van der Waals surface area (Å²) in [5.74, 6) is 1.08. The normalized spacial score (nSPS) is 11.7. The number of hydrogen-bond acceptors (Lipinski definition) is 6. The van der Waals surface area contributed by atoms with Gasteiger partial charge in [0.05, 0.1) is 17.8 Å². The van der Waals surface area contributed by atoms with E-state index in [0.717, 1.165) is 16.9 Å². The fraction of sp³-hybridized carbons (Fsp3) is 0.391. The highest BCUT2D eigenvalue weighted by atomic mass is 32.2. The van der Waals surface area contributed by atoms with Crippen LogP contribution < -0.4 is 10.1 Å². The Morgan fingerprint density at radius 2 is 1.66 bits per heavy atom. The van der Waals surface area contributed by atoms with Gasteiger partial charge in [-0.05, 0) is 44.0 Å². The monoisotopic (exact) mass is 459 g/mol. The van der Waals surface area contributed by atoms with Crippen molar-refractivity contribution in [2.45, 2.75) is 45.2 Å². The molecule has 0 fully saturated rings. The third-order valence-electron chi connectivity index (χ3n) is 4.75. The van der Waals surface area contributed by atoms with E-state index in [1.54, 1.807) is 31.1 Å². The van der Waals surface area contributed by atoms with Gasteiger partial charge in [0.25, 0.3) is 5.69 Å². The number of hydrogen-bond donors (Lipinski definition) is 1. The van der Waals surface area contributed by atoms with E-state index >= 15 is 0 Å². The molecule has 0 saturated carbocycles. The van der Waals surface area contributed by atoms with Crippen molar-refractivity contribution in [2.24, 2.45) is 0 Å². The number of non-ortho nitro benzene ring substituents is 1. The average molecular weight is 460 g/mol. The molecule has 1 N–H and O–H groups in total. The molecular formula is C23H29N3O5S. The number of nitrogens with one attached hydrogen (secondary N) is 1. The van der Waals surface area contributed by atoms with Crippen LogP contribution >= 0.6 is 11.8 Å². The number of methoxy groups -OCH3 is 1. The molecule has 32 heavy (non-hydrogen) atoms. The first-order valence-corrected chi connectivity index (χ1v) is 11.4. The lowest BCUT2D eigenvalue weighted by Crippen LogP contribution is -2.49. The number of nitrogens with zero attached hydrogens (tertiary/aromatic N) is 2. The van der Waals surface area contributed by atoms with Crippen molar-refractivity contribution in [3.8, 4) is 5.75 Å². The number of amides is 2. The minimum absolute atomic E-state index is 0.0283. The molecule has 9 heteroatoms. The molecule has 2 aromatic rings. The fourth-order valence-electron chi connectivity index (χ4n) is 2.97. The molecule has 0 saturated heterocycles. The number of nitro groups is 1. The van der Waals surface area contributed by atoms with Gasteiger partial charge in [-0.25, -0.2) is 0 Å². The van der Waals surface area contributed by atoms with Crippen LogP contribution in [0.15, 0.2) is 48.5 Å². The van der Waals surface area contributed by atoms with Crippen LogP contribution in [-0.4, -0.2) is 46.6 Å². The lowest BCUT2D eigenvalue weighted by molar-refractivity contribution is -0.384. The molecule has 8 nitrogen and oxygen atoms in total. The fourth-order valence-corrected chi connectivity index (χ4v) is 3.84. The van der Waals surface area contributed by atoms with Crippen molar-refractivity contribution < 1.29 is 19.2 Å². The third kappa shape index (κ3) is 7.56. The van der Waals surface area contributed by atoms with Gasteiger partial charge in [0.2, 0.25) is 11.8 Å². The van der Waals surface area contributed by atoms with Crippen molar-refractivity contribution in [3.63, 3.8) is 0 Å². The number of carbonyl (C=O) groups excluding carboxylic acids is 2. The van der Waals surface area contributed by atoms with E-state index in [1.807, 2.05) is 38.1 Å². The largest absolute Gasteiger partial charge is 0.497 e. The second-order valence-electron chi connectivity index (χ2n) is 7.63. The SMILES string of the molecule is COc1ccc(CN(C(=O)CSCc2ccc([N+](=O)[O-])cc2)[C@@H](C)C(=O)NC(C)C)cc1. The van der Waals surface area contributed by atoms with Gasteiger partial charge in [-0.3, -0.25) is 19.7 Å². The van der Waals surface area contributed by atoms with Gasteiger partial charge in [-0.2, -0.15) is 0 Å². The topological polar surface area (TPSA) is 102 Å². The Labute approximate surface area is 192 Å². The summed E-state index contributed by atoms with van der Waals surface area (Å²) in [7, 11) is 1.59. The number of rotatable bonds is 11. The van der Waals surface area contributed by atoms with Crippen LogP contribution in [-0.2, 0) is 21.9 Å².